The number of halogens is 1. The fraction of sp³-hybridized carbons (Fsp3) is 0.667. The van der Waals surface area contributed by atoms with Gasteiger partial charge in [0.2, 0.25) is 10.0 Å². The van der Waals surface area contributed by atoms with Crippen molar-refractivity contribution in [1.29, 1.82) is 0 Å². The standard InChI is InChI=1S/C12H21BrN2O3S/c1-5-12(2,3)8-15-19(16,17)10-6-9(7-14-4)18-11(10)13/h6,14-15H,5,7-8H2,1-4H3. The molecule has 19 heavy (non-hydrogen) atoms. The minimum Gasteiger partial charge on any atom is -0.452 e. The van der Waals surface area contributed by atoms with Gasteiger partial charge in [0.15, 0.2) is 4.67 Å². The van der Waals surface area contributed by atoms with Crippen molar-refractivity contribution in [3.8, 4) is 0 Å². The van der Waals surface area contributed by atoms with Crippen molar-refractivity contribution >= 4 is 26.0 Å². The maximum absolute atomic E-state index is 12.2. The van der Waals surface area contributed by atoms with Crippen molar-refractivity contribution in [2.45, 2.75) is 38.6 Å². The first-order chi connectivity index (χ1) is 8.72. The molecule has 0 aromatic carbocycles. The first-order valence-corrected chi connectivity index (χ1v) is 8.42. The van der Waals surface area contributed by atoms with Gasteiger partial charge in [-0.2, -0.15) is 0 Å². The maximum Gasteiger partial charge on any atom is 0.244 e. The Labute approximate surface area is 123 Å². The molecule has 110 valence electrons. The summed E-state index contributed by atoms with van der Waals surface area (Å²) in [5.41, 5.74) is -0.0723. The molecule has 0 bridgehead atoms. The van der Waals surface area contributed by atoms with E-state index in [1.54, 1.807) is 7.05 Å². The lowest BCUT2D eigenvalue weighted by Gasteiger charge is -2.22. The fourth-order valence-electron chi connectivity index (χ4n) is 1.34. The summed E-state index contributed by atoms with van der Waals surface area (Å²) in [5, 5.41) is 2.91. The molecule has 0 aliphatic heterocycles. The lowest BCUT2D eigenvalue weighted by Crippen LogP contribution is -2.33. The Morgan fingerprint density at radius 2 is 2.05 bits per heavy atom. The van der Waals surface area contributed by atoms with Gasteiger partial charge in [0.1, 0.15) is 10.7 Å². The van der Waals surface area contributed by atoms with Gasteiger partial charge >= 0.3 is 0 Å². The zero-order valence-corrected chi connectivity index (χ0v) is 14.1. The number of sulfonamides is 1. The Morgan fingerprint density at radius 1 is 1.42 bits per heavy atom. The Morgan fingerprint density at radius 3 is 2.58 bits per heavy atom. The zero-order valence-electron chi connectivity index (χ0n) is 11.7. The molecule has 7 heteroatoms. The largest absolute Gasteiger partial charge is 0.452 e. The molecule has 0 aliphatic rings. The Bertz CT molecular complexity index is 523. The van der Waals surface area contributed by atoms with Gasteiger partial charge < -0.3 is 9.73 Å². The van der Waals surface area contributed by atoms with Gasteiger partial charge in [-0.15, -0.1) is 0 Å². The Hall–Kier alpha value is -0.370. The molecule has 1 heterocycles. The third-order valence-corrected chi connectivity index (χ3v) is 5.30. The van der Waals surface area contributed by atoms with Crippen LogP contribution in [0.4, 0.5) is 0 Å². The molecule has 0 aliphatic carbocycles. The monoisotopic (exact) mass is 352 g/mol. The summed E-state index contributed by atoms with van der Waals surface area (Å²) in [6.45, 7) is 6.95. The smallest absolute Gasteiger partial charge is 0.244 e. The molecule has 1 aromatic heterocycles. The maximum atomic E-state index is 12.2. The second kappa shape index (κ2) is 6.39. The molecule has 1 aromatic rings. The highest BCUT2D eigenvalue weighted by atomic mass is 79.9. The third kappa shape index (κ3) is 4.59. The lowest BCUT2D eigenvalue weighted by molar-refractivity contribution is 0.350. The number of hydrogen-bond acceptors (Lipinski definition) is 4. The molecule has 5 nitrogen and oxygen atoms in total. The summed E-state index contributed by atoms with van der Waals surface area (Å²) in [6, 6.07) is 1.53. The highest BCUT2D eigenvalue weighted by Gasteiger charge is 2.25. The van der Waals surface area contributed by atoms with E-state index in [9.17, 15) is 8.42 Å². The first kappa shape index (κ1) is 16.7. The molecule has 0 amide bonds. The van der Waals surface area contributed by atoms with Gasteiger partial charge in [0.25, 0.3) is 0 Å². The van der Waals surface area contributed by atoms with Gasteiger partial charge in [0.05, 0.1) is 6.54 Å². The summed E-state index contributed by atoms with van der Waals surface area (Å²) in [6.07, 6.45) is 0.896. The number of furan rings is 1. The van der Waals surface area contributed by atoms with Crippen LogP contribution < -0.4 is 10.0 Å². The van der Waals surface area contributed by atoms with Crippen molar-refractivity contribution in [3.05, 3.63) is 16.5 Å². The fourth-order valence-corrected chi connectivity index (χ4v) is 3.57. The summed E-state index contributed by atoms with van der Waals surface area (Å²) >= 11 is 3.15. The Balaban J connectivity index is 2.88. The van der Waals surface area contributed by atoms with Crippen LogP contribution in [0, 0.1) is 5.41 Å². The van der Waals surface area contributed by atoms with Gasteiger partial charge in [-0.1, -0.05) is 20.8 Å². The highest BCUT2D eigenvalue weighted by Crippen LogP contribution is 2.27. The van der Waals surface area contributed by atoms with Crippen LogP contribution in [-0.4, -0.2) is 22.0 Å². The molecular weight excluding hydrogens is 332 g/mol. The molecule has 0 unspecified atom stereocenters. The molecule has 2 N–H and O–H groups in total. The van der Waals surface area contributed by atoms with Crippen LogP contribution >= 0.6 is 15.9 Å². The average Bonchev–Trinajstić information content (AvgIpc) is 2.70. The van der Waals surface area contributed by atoms with Crippen molar-refractivity contribution < 1.29 is 12.8 Å². The van der Waals surface area contributed by atoms with E-state index in [4.69, 9.17) is 4.42 Å². The second-order valence-electron chi connectivity index (χ2n) is 5.22. The van der Waals surface area contributed by atoms with Crippen LogP contribution in [0.3, 0.4) is 0 Å². The summed E-state index contributed by atoms with van der Waals surface area (Å²) in [4.78, 5) is 0.143. The average molecular weight is 353 g/mol. The van der Waals surface area contributed by atoms with Crippen LogP contribution in [0.5, 0.6) is 0 Å². The van der Waals surface area contributed by atoms with E-state index in [1.807, 2.05) is 20.8 Å². The highest BCUT2D eigenvalue weighted by molar-refractivity contribution is 9.10. The predicted molar refractivity (Wildman–Crippen MR) is 78.4 cm³/mol. The van der Waals surface area contributed by atoms with Gasteiger partial charge in [-0.05, 0) is 34.8 Å². The minimum atomic E-state index is -3.55. The molecule has 0 saturated carbocycles. The number of nitrogens with one attached hydrogen (secondary N) is 2. The quantitative estimate of drug-likeness (QED) is 0.790. The van der Waals surface area contributed by atoms with E-state index in [0.717, 1.165) is 6.42 Å². The molecular formula is C12H21BrN2O3S. The molecule has 0 fully saturated rings. The number of hydrogen-bond donors (Lipinski definition) is 2. The topological polar surface area (TPSA) is 71.3 Å². The summed E-state index contributed by atoms with van der Waals surface area (Å²) in [5.74, 6) is 0.574. The van der Waals surface area contributed by atoms with Crippen LogP contribution in [0.15, 0.2) is 20.0 Å². The minimum absolute atomic E-state index is 0.0723. The molecule has 0 saturated heterocycles. The zero-order chi connectivity index (χ0) is 14.7. The molecule has 0 atom stereocenters. The van der Waals surface area contributed by atoms with E-state index in [1.165, 1.54) is 6.07 Å². The molecule has 0 spiro atoms. The summed E-state index contributed by atoms with van der Waals surface area (Å²) < 4.78 is 32.6. The molecule has 1 rings (SSSR count). The SMILES string of the molecule is CCC(C)(C)CNS(=O)(=O)c1cc(CNC)oc1Br. The summed E-state index contributed by atoms with van der Waals surface area (Å²) in [7, 11) is -1.78. The van der Waals surface area contributed by atoms with Gasteiger partial charge in [0, 0.05) is 12.6 Å². The van der Waals surface area contributed by atoms with E-state index in [0.29, 0.717) is 18.8 Å². The van der Waals surface area contributed by atoms with E-state index in [2.05, 4.69) is 26.0 Å². The lowest BCUT2D eigenvalue weighted by atomic mass is 9.91. The van der Waals surface area contributed by atoms with Crippen LogP contribution in [-0.2, 0) is 16.6 Å². The van der Waals surface area contributed by atoms with Crippen LogP contribution in [0.25, 0.3) is 0 Å². The van der Waals surface area contributed by atoms with Gasteiger partial charge in [-0.3, -0.25) is 0 Å². The van der Waals surface area contributed by atoms with E-state index in [-0.39, 0.29) is 15.0 Å². The third-order valence-electron chi connectivity index (χ3n) is 3.04. The first-order valence-electron chi connectivity index (χ1n) is 6.14. The van der Waals surface area contributed by atoms with Crippen molar-refractivity contribution in [3.63, 3.8) is 0 Å². The van der Waals surface area contributed by atoms with Crippen LogP contribution in [0.2, 0.25) is 0 Å². The van der Waals surface area contributed by atoms with Crippen LogP contribution in [0.1, 0.15) is 33.0 Å². The van der Waals surface area contributed by atoms with Gasteiger partial charge in [-0.25, -0.2) is 13.1 Å². The predicted octanol–water partition coefficient (Wildman–Crippen LogP) is 2.48. The van der Waals surface area contributed by atoms with Crippen molar-refractivity contribution in [2.75, 3.05) is 13.6 Å². The van der Waals surface area contributed by atoms with Crippen molar-refractivity contribution in [1.82, 2.24) is 10.0 Å². The molecule has 0 radical (unpaired) electrons. The van der Waals surface area contributed by atoms with E-state index >= 15 is 0 Å². The normalized spacial score (nSPS) is 12.9. The van der Waals surface area contributed by atoms with E-state index < -0.39 is 10.0 Å². The van der Waals surface area contributed by atoms with Crippen molar-refractivity contribution in [2.24, 2.45) is 5.41 Å². The Kier molecular flexibility index (Phi) is 5.61. The second-order valence-corrected chi connectivity index (χ2v) is 7.68. The number of rotatable bonds is 7.